The molecule has 138 valence electrons. The predicted octanol–water partition coefficient (Wildman–Crippen LogP) is 3.48. The van der Waals surface area contributed by atoms with Crippen molar-refractivity contribution < 1.29 is 13.9 Å². The van der Waals surface area contributed by atoms with Gasteiger partial charge in [0.15, 0.2) is 11.6 Å². The van der Waals surface area contributed by atoms with E-state index in [9.17, 15) is 9.18 Å². The van der Waals surface area contributed by atoms with Crippen LogP contribution in [0.4, 0.5) is 14.9 Å². The second kappa shape index (κ2) is 7.45. The summed E-state index contributed by atoms with van der Waals surface area (Å²) in [4.78, 5) is 12.3. The molecule has 2 aromatic carbocycles. The Balaban J connectivity index is 1.40. The predicted molar refractivity (Wildman–Crippen MR) is 97.1 cm³/mol. The van der Waals surface area contributed by atoms with E-state index in [0.717, 1.165) is 31.0 Å². The van der Waals surface area contributed by atoms with Crippen molar-refractivity contribution in [2.75, 3.05) is 5.32 Å². The van der Waals surface area contributed by atoms with Crippen molar-refractivity contribution in [2.45, 2.75) is 25.9 Å². The molecule has 8 heteroatoms. The van der Waals surface area contributed by atoms with Gasteiger partial charge in [-0.25, -0.2) is 9.18 Å². The zero-order valence-corrected chi connectivity index (χ0v) is 14.5. The molecule has 1 aliphatic rings. The van der Waals surface area contributed by atoms with Gasteiger partial charge < -0.3 is 19.9 Å². The van der Waals surface area contributed by atoms with Gasteiger partial charge in [0.1, 0.15) is 17.4 Å². The van der Waals surface area contributed by atoms with Crippen LogP contribution in [0, 0.1) is 5.82 Å². The maximum Gasteiger partial charge on any atom is 0.319 e. The number of aryl methyl sites for hydroxylation is 1. The molecule has 0 bridgehead atoms. The Hall–Kier alpha value is -3.42. The molecule has 0 saturated heterocycles. The average molecular weight is 367 g/mol. The molecule has 0 spiro atoms. The first-order valence-electron chi connectivity index (χ1n) is 8.67. The molecule has 0 fully saturated rings. The number of hydrogen-bond acceptors (Lipinski definition) is 4. The maximum absolute atomic E-state index is 13.3. The number of para-hydroxylation sites is 2. The number of anilines is 1. The fraction of sp³-hybridized carbons (Fsp3) is 0.211. The molecule has 2 heterocycles. The molecule has 0 radical (unpaired) electrons. The lowest BCUT2D eigenvalue weighted by atomic mass is 10.3. The number of fused-ring (bicyclic) bond motifs is 1. The first-order chi connectivity index (χ1) is 13.2. The lowest BCUT2D eigenvalue weighted by molar-refractivity contribution is 0.251. The number of rotatable bonds is 5. The number of nitrogens with zero attached hydrogens (tertiary/aromatic N) is 3. The summed E-state index contributed by atoms with van der Waals surface area (Å²) in [6.45, 7) is 1.16. The normalized spacial score (nSPS) is 12.5. The van der Waals surface area contributed by atoms with Crippen LogP contribution in [0.3, 0.4) is 0 Å². The van der Waals surface area contributed by atoms with Crippen LogP contribution in [0.25, 0.3) is 0 Å². The third-order valence-electron chi connectivity index (χ3n) is 4.25. The van der Waals surface area contributed by atoms with Crippen molar-refractivity contribution in [3.8, 4) is 11.5 Å². The highest BCUT2D eigenvalue weighted by molar-refractivity contribution is 5.90. The van der Waals surface area contributed by atoms with Crippen molar-refractivity contribution in [3.05, 3.63) is 66.0 Å². The fourth-order valence-corrected chi connectivity index (χ4v) is 2.98. The van der Waals surface area contributed by atoms with Crippen LogP contribution in [-0.2, 0) is 19.5 Å². The number of benzene rings is 2. The van der Waals surface area contributed by atoms with Crippen LogP contribution in [0.2, 0.25) is 0 Å². The minimum atomic E-state index is -0.392. The van der Waals surface area contributed by atoms with Crippen LogP contribution in [0.1, 0.15) is 18.1 Å². The Labute approximate surface area is 155 Å². The summed E-state index contributed by atoms with van der Waals surface area (Å²) >= 11 is 0. The van der Waals surface area contributed by atoms with E-state index in [2.05, 4.69) is 20.8 Å². The Morgan fingerprint density at radius 3 is 2.96 bits per heavy atom. The maximum atomic E-state index is 13.3. The Morgan fingerprint density at radius 1 is 1.19 bits per heavy atom. The van der Waals surface area contributed by atoms with Gasteiger partial charge in [0, 0.05) is 19.0 Å². The van der Waals surface area contributed by atoms with Gasteiger partial charge in [-0.05, 0) is 30.7 Å². The highest BCUT2D eigenvalue weighted by atomic mass is 19.1. The van der Waals surface area contributed by atoms with Gasteiger partial charge in [0.2, 0.25) is 0 Å². The van der Waals surface area contributed by atoms with E-state index < -0.39 is 5.82 Å². The summed E-state index contributed by atoms with van der Waals surface area (Å²) in [6, 6.07) is 12.4. The van der Waals surface area contributed by atoms with Crippen LogP contribution in [0.5, 0.6) is 11.5 Å². The smallest absolute Gasteiger partial charge is 0.319 e. The molecule has 0 aliphatic carbocycles. The molecule has 1 aromatic heterocycles. The Kier molecular flexibility index (Phi) is 4.69. The Bertz CT molecular complexity index is 972. The second-order valence-electron chi connectivity index (χ2n) is 6.15. The summed E-state index contributed by atoms with van der Waals surface area (Å²) in [5.41, 5.74) is 0.478. The molecule has 2 N–H and O–H groups in total. The van der Waals surface area contributed by atoms with Crippen molar-refractivity contribution >= 4 is 11.7 Å². The fourth-order valence-electron chi connectivity index (χ4n) is 2.98. The molecular weight excluding hydrogens is 349 g/mol. The lowest BCUT2D eigenvalue weighted by Gasteiger charge is -2.13. The molecule has 1 aliphatic heterocycles. The first kappa shape index (κ1) is 17.0. The summed E-state index contributed by atoms with van der Waals surface area (Å²) in [5.74, 6) is 2.07. The van der Waals surface area contributed by atoms with E-state index in [0.29, 0.717) is 17.2 Å². The molecule has 0 unspecified atom stereocenters. The third kappa shape index (κ3) is 3.89. The molecular formula is C19H18FN5O2. The SMILES string of the molecule is O=C(NCc1nnc2n1CCC2)Nc1ccccc1Oc1cccc(F)c1. The van der Waals surface area contributed by atoms with E-state index in [-0.39, 0.29) is 12.6 Å². The number of carbonyl (C=O) groups excluding carboxylic acids is 1. The van der Waals surface area contributed by atoms with Crippen LogP contribution < -0.4 is 15.4 Å². The number of amides is 2. The standard InChI is InChI=1S/C19H18FN5O2/c20-13-5-3-6-14(11-13)27-16-8-2-1-7-15(16)22-19(26)21-12-18-24-23-17-9-4-10-25(17)18/h1-3,5-8,11H,4,9-10,12H2,(H2,21,22,26). The highest BCUT2D eigenvalue weighted by Gasteiger charge is 2.17. The average Bonchev–Trinajstić information content (AvgIpc) is 3.26. The van der Waals surface area contributed by atoms with E-state index in [4.69, 9.17) is 4.74 Å². The summed E-state index contributed by atoms with van der Waals surface area (Å²) < 4.78 is 21.1. The van der Waals surface area contributed by atoms with Crippen LogP contribution >= 0.6 is 0 Å². The van der Waals surface area contributed by atoms with Crippen LogP contribution in [-0.4, -0.2) is 20.8 Å². The molecule has 0 atom stereocenters. The van der Waals surface area contributed by atoms with Crippen molar-refractivity contribution in [2.24, 2.45) is 0 Å². The number of hydrogen-bond donors (Lipinski definition) is 2. The van der Waals surface area contributed by atoms with E-state index in [1.165, 1.54) is 12.1 Å². The van der Waals surface area contributed by atoms with E-state index in [1.807, 2.05) is 4.57 Å². The van der Waals surface area contributed by atoms with Gasteiger partial charge in [0.25, 0.3) is 0 Å². The molecule has 3 aromatic rings. The van der Waals surface area contributed by atoms with Gasteiger partial charge in [-0.3, -0.25) is 0 Å². The molecule has 4 rings (SSSR count). The molecule has 0 saturated carbocycles. The Morgan fingerprint density at radius 2 is 2.07 bits per heavy atom. The third-order valence-corrected chi connectivity index (χ3v) is 4.25. The van der Waals surface area contributed by atoms with Gasteiger partial charge in [-0.15, -0.1) is 10.2 Å². The van der Waals surface area contributed by atoms with E-state index in [1.54, 1.807) is 36.4 Å². The zero-order valence-electron chi connectivity index (χ0n) is 14.5. The number of halogens is 1. The van der Waals surface area contributed by atoms with Crippen molar-refractivity contribution in [1.29, 1.82) is 0 Å². The van der Waals surface area contributed by atoms with Crippen molar-refractivity contribution in [3.63, 3.8) is 0 Å². The minimum absolute atomic E-state index is 0.283. The van der Waals surface area contributed by atoms with Gasteiger partial charge in [-0.2, -0.15) is 0 Å². The number of ether oxygens (including phenoxy) is 1. The summed E-state index contributed by atoms with van der Waals surface area (Å²) in [6.07, 6.45) is 1.97. The highest BCUT2D eigenvalue weighted by Crippen LogP contribution is 2.29. The molecule has 27 heavy (non-hydrogen) atoms. The van der Waals surface area contributed by atoms with Crippen molar-refractivity contribution in [1.82, 2.24) is 20.1 Å². The summed E-state index contributed by atoms with van der Waals surface area (Å²) in [7, 11) is 0. The lowest BCUT2D eigenvalue weighted by Crippen LogP contribution is -2.29. The monoisotopic (exact) mass is 367 g/mol. The number of aromatic nitrogens is 3. The second-order valence-corrected chi connectivity index (χ2v) is 6.15. The minimum Gasteiger partial charge on any atom is -0.455 e. The zero-order chi connectivity index (χ0) is 18.6. The molecule has 7 nitrogen and oxygen atoms in total. The molecule has 2 amide bonds. The quantitative estimate of drug-likeness (QED) is 0.723. The number of urea groups is 1. The first-order valence-corrected chi connectivity index (χ1v) is 8.67. The number of nitrogens with one attached hydrogen (secondary N) is 2. The largest absolute Gasteiger partial charge is 0.455 e. The van der Waals surface area contributed by atoms with E-state index >= 15 is 0 Å². The van der Waals surface area contributed by atoms with Gasteiger partial charge in [-0.1, -0.05) is 18.2 Å². The number of carbonyl (C=O) groups is 1. The van der Waals surface area contributed by atoms with Crippen LogP contribution in [0.15, 0.2) is 48.5 Å². The summed E-state index contributed by atoms with van der Waals surface area (Å²) in [5, 5.41) is 13.7. The van der Waals surface area contributed by atoms with Gasteiger partial charge >= 0.3 is 6.03 Å². The van der Waals surface area contributed by atoms with Gasteiger partial charge in [0.05, 0.1) is 12.2 Å². The topological polar surface area (TPSA) is 81.1 Å².